The number of hydrogen-bond donors (Lipinski definition) is 2. The fourth-order valence-corrected chi connectivity index (χ4v) is 1.59. The summed E-state index contributed by atoms with van der Waals surface area (Å²) in [5.41, 5.74) is 0.903. The summed E-state index contributed by atoms with van der Waals surface area (Å²) in [5, 5.41) is 13.7. The van der Waals surface area contributed by atoms with Gasteiger partial charge in [-0.1, -0.05) is 0 Å². The third kappa shape index (κ3) is 1.52. The van der Waals surface area contributed by atoms with E-state index >= 15 is 0 Å². The van der Waals surface area contributed by atoms with E-state index in [0.717, 1.165) is 10.9 Å². The molecule has 0 bridgehead atoms. The van der Waals surface area contributed by atoms with Crippen LogP contribution in [-0.4, -0.2) is 11.3 Å². The molecule has 0 fully saturated rings. The van der Waals surface area contributed by atoms with Gasteiger partial charge in [0.1, 0.15) is 5.75 Å². The van der Waals surface area contributed by atoms with Gasteiger partial charge in [-0.3, -0.25) is 0 Å². The lowest BCUT2D eigenvalue weighted by Crippen LogP contribution is -2.00. The molecule has 2 rings (SSSR count). The van der Waals surface area contributed by atoms with Crippen LogP contribution in [0.4, 0.5) is 0 Å². The summed E-state index contributed by atoms with van der Waals surface area (Å²) in [4.78, 5) is 11.2. The summed E-state index contributed by atoms with van der Waals surface area (Å²) in [5.74, 6) is 5.00. The first-order valence-electron chi connectivity index (χ1n) is 4.63. The van der Waals surface area contributed by atoms with Crippen LogP contribution in [0.2, 0.25) is 0 Å². The van der Waals surface area contributed by atoms with E-state index < -0.39 is 5.63 Å². The first-order chi connectivity index (χ1) is 7.63. The van der Waals surface area contributed by atoms with Crippen molar-refractivity contribution in [3.8, 4) is 5.75 Å². The van der Waals surface area contributed by atoms with Crippen LogP contribution in [-0.2, 0) is 0 Å². The van der Waals surface area contributed by atoms with Crippen LogP contribution < -0.4 is 11.5 Å². The molecule has 82 valence electrons. The molecule has 1 heterocycles. The van der Waals surface area contributed by atoms with Gasteiger partial charge in [0.15, 0.2) is 5.58 Å². The third-order valence-electron chi connectivity index (χ3n) is 2.34. The molecule has 0 saturated carbocycles. The van der Waals surface area contributed by atoms with E-state index in [-0.39, 0.29) is 5.75 Å². The summed E-state index contributed by atoms with van der Waals surface area (Å²) in [6.45, 7) is 1.79. The molecule has 0 amide bonds. The number of nitrogens with two attached hydrogens (primary N) is 1. The molecule has 1 aromatic carbocycles. The predicted octanol–water partition coefficient (Wildman–Crippen LogP) is 1.10. The molecule has 0 spiro atoms. The number of hydrogen-bond acceptors (Lipinski definition) is 5. The average Bonchev–Trinajstić information content (AvgIpc) is 2.22. The van der Waals surface area contributed by atoms with E-state index in [9.17, 15) is 9.90 Å². The van der Waals surface area contributed by atoms with Crippen molar-refractivity contribution in [2.24, 2.45) is 10.9 Å². The molecule has 3 N–H and O–H groups in total. The number of fused-ring (bicyclic) bond motifs is 1. The van der Waals surface area contributed by atoms with Gasteiger partial charge in [-0.2, -0.15) is 5.10 Å². The Balaban J connectivity index is 2.97. The highest BCUT2D eigenvalue weighted by Gasteiger charge is 2.10. The van der Waals surface area contributed by atoms with Gasteiger partial charge >= 0.3 is 5.63 Å². The minimum absolute atomic E-state index is 0.0320. The van der Waals surface area contributed by atoms with Gasteiger partial charge in [-0.15, -0.1) is 0 Å². The van der Waals surface area contributed by atoms with Crippen LogP contribution in [0, 0.1) is 6.92 Å². The smallest absolute Gasteiger partial charge is 0.336 e. The SMILES string of the molecule is Cc1cc(=O)oc2c(/C=N/N)c(O)ccc12. The maximum Gasteiger partial charge on any atom is 0.336 e. The van der Waals surface area contributed by atoms with Gasteiger partial charge in [0.05, 0.1) is 11.8 Å². The molecule has 2 aromatic rings. The second kappa shape index (κ2) is 3.69. The van der Waals surface area contributed by atoms with E-state index in [0.29, 0.717) is 11.1 Å². The van der Waals surface area contributed by atoms with Crippen molar-refractivity contribution in [3.05, 3.63) is 39.7 Å². The molecular weight excluding hydrogens is 208 g/mol. The zero-order valence-electron chi connectivity index (χ0n) is 8.60. The molecule has 0 aliphatic rings. The normalized spacial score (nSPS) is 11.3. The number of hydrazone groups is 1. The first kappa shape index (κ1) is 10.2. The van der Waals surface area contributed by atoms with Crippen molar-refractivity contribution in [3.63, 3.8) is 0 Å². The summed E-state index contributed by atoms with van der Waals surface area (Å²) >= 11 is 0. The fourth-order valence-electron chi connectivity index (χ4n) is 1.59. The molecule has 0 aliphatic carbocycles. The van der Waals surface area contributed by atoms with Crippen molar-refractivity contribution < 1.29 is 9.52 Å². The highest BCUT2D eigenvalue weighted by Crippen LogP contribution is 2.26. The summed E-state index contributed by atoms with van der Waals surface area (Å²) in [6, 6.07) is 4.58. The van der Waals surface area contributed by atoms with E-state index in [1.54, 1.807) is 13.0 Å². The molecule has 0 radical (unpaired) electrons. The Morgan fingerprint density at radius 1 is 1.50 bits per heavy atom. The number of aromatic hydroxyl groups is 1. The summed E-state index contributed by atoms with van der Waals surface area (Å²) < 4.78 is 5.04. The molecule has 0 atom stereocenters. The third-order valence-corrected chi connectivity index (χ3v) is 2.34. The Hall–Kier alpha value is -2.30. The molecule has 0 unspecified atom stereocenters. The minimum Gasteiger partial charge on any atom is -0.507 e. The van der Waals surface area contributed by atoms with Gasteiger partial charge in [0.2, 0.25) is 0 Å². The van der Waals surface area contributed by atoms with E-state index in [2.05, 4.69) is 5.10 Å². The van der Waals surface area contributed by atoms with E-state index in [1.807, 2.05) is 0 Å². The Morgan fingerprint density at radius 3 is 2.94 bits per heavy atom. The zero-order valence-corrected chi connectivity index (χ0v) is 8.60. The highest BCUT2D eigenvalue weighted by molar-refractivity contribution is 5.99. The molecular formula is C11H10N2O3. The molecule has 5 heteroatoms. The average molecular weight is 218 g/mol. The maximum atomic E-state index is 11.2. The van der Waals surface area contributed by atoms with Gasteiger partial charge in [-0.05, 0) is 24.6 Å². The lowest BCUT2D eigenvalue weighted by atomic mass is 10.1. The van der Waals surface area contributed by atoms with Crippen molar-refractivity contribution in [1.29, 1.82) is 0 Å². The Labute approximate surface area is 90.8 Å². The zero-order chi connectivity index (χ0) is 11.7. The van der Waals surface area contributed by atoms with Gasteiger partial charge < -0.3 is 15.4 Å². The number of nitrogens with zero attached hydrogens (tertiary/aromatic N) is 1. The van der Waals surface area contributed by atoms with Gasteiger partial charge in [0, 0.05) is 11.5 Å². The van der Waals surface area contributed by atoms with E-state index in [4.69, 9.17) is 10.3 Å². The quantitative estimate of drug-likeness (QED) is 0.324. The molecule has 16 heavy (non-hydrogen) atoms. The molecule has 1 aromatic heterocycles. The van der Waals surface area contributed by atoms with Crippen LogP contribution >= 0.6 is 0 Å². The standard InChI is InChI=1S/C11H10N2O3/c1-6-4-10(15)16-11-7(6)2-3-9(14)8(11)5-13-12/h2-5,14H,12H2,1H3/b13-5+. The Bertz CT molecular complexity index is 629. The number of rotatable bonds is 1. The monoisotopic (exact) mass is 218 g/mol. The Morgan fingerprint density at radius 2 is 2.25 bits per heavy atom. The van der Waals surface area contributed by atoms with Gasteiger partial charge in [-0.25, -0.2) is 4.79 Å². The minimum atomic E-state index is -0.470. The number of aryl methyl sites for hydroxylation is 1. The molecule has 0 aliphatic heterocycles. The van der Waals surface area contributed by atoms with E-state index in [1.165, 1.54) is 18.3 Å². The topological polar surface area (TPSA) is 88.8 Å². The summed E-state index contributed by atoms with van der Waals surface area (Å²) in [7, 11) is 0. The largest absolute Gasteiger partial charge is 0.507 e. The van der Waals surface area contributed by atoms with Crippen LogP contribution in [0.1, 0.15) is 11.1 Å². The molecule has 0 saturated heterocycles. The number of phenols is 1. The second-order valence-corrected chi connectivity index (χ2v) is 3.40. The number of phenolic OH excluding ortho intramolecular Hbond substituents is 1. The second-order valence-electron chi connectivity index (χ2n) is 3.40. The van der Waals surface area contributed by atoms with Crippen molar-refractivity contribution in [2.45, 2.75) is 6.92 Å². The van der Waals surface area contributed by atoms with Crippen molar-refractivity contribution in [2.75, 3.05) is 0 Å². The number of benzene rings is 1. The summed E-state index contributed by atoms with van der Waals surface area (Å²) in [6.07, 6.45) is 1.25. The van der Waals surface area contributed by atoms with Crippen LogP contribution in [0.5, 0.6) is 5.75 Å². The van der Waals surface area contributed by atoms with Gasteiger partial charge in [0.25, 0.3) is 0 Å². The first-order valence-corrected chi connectivity index (χ1v) is 4.63. The lowest BCUT2D eigenvalue weighted by Gasteiger charge is -2.04. The van der Waals surface area contributed by atoms with Crippen LogP contribution in [0.15, 0.2) is 32.5 Å². The lowest BCUT2D eigenvalue weighted by molar-refractivity contribution is 0.472. The fraction of sp³-hybridized carbons (Fsp3) is 0.0909. The van der Waals surface area contributed by atoms with Crippen molar-refractivity contribution in [1.82, 2.24) is 0 Å². The van der Waals surface area contributed by atoms with Crippen LogP contribution in [0.3, 0.4) is 0 Å². The maximum absolute atomic E-state index is 11.2. The molecule has 5 nitrogen and oxygen atoms in total. The predicted molar refractivity (Wildman–Crippen MR) is 60.7 cm³/mol. The van der Waals surface area contributed by atoms with Crippen molar-refractivity contribution >= 4 is 17.2 Å². The van der Waals surface area contributed by atoms with Crippen LogP contribution in [0.25, 0.3) is 11.0 Å². The Kier molecular flexibility index (Phi) is 2.36. The highest BCUT2D eigenvalue weighted by atomic mass is 16.4.